The Bertz CT molecular complexity index is 2290. The average molecular weight is 1130 g/mol. The summed E-state index contributed by atoms with van der Waals surface area (Å²) in [6, 6.07) is 0. The number of esters is 2. The second kappa shape index (κ2) is 22.6. The van der Waals surface area contributed by atoms with Crippen molar-refractivity contribution in [3.05, 3.63) is 23.3 Å². The van der Waals surface area contributed by atoms with Gasteiger partial charge in [0, 0.05) is 23.3 Å². The van der Waals surface area contributed by atoms with Crippen molar-refractivity contribution >= 4 is 17.9 Å². The first kappa shape index (κ1) is 62.2. The van der Waals surface area contributed by atoms with Crippen LogP contribution in [0.15, 0.2) is 23.3 Å². The summed E-state index contributed by atoms with van der Waals surface area (Å²) >= 11 is 0. The van der Waals surface area contributed by atoms with E-state index in [1.165, 1.54) is 6.92 Å². The van der Waals surface area contributed by atoms with Gasteiger partial charge in [-0.15, -0.1) is 0 Å². The maximum atomic E-state index is 13.4. The van der Waals surface area contributed by atoms with Gasteiger partial charge < -0.3 is 104 Å². The molecule has 7 fully saturated rings. The Kier molecular flexibility index (Phi) is 17.8. The first-order valence-electron chi connectivity index (χ1n) is 27.7. The van der Waals surface area contributed by atoms with E-state index in [0.717, 1.165) is 5.57 Å². The SMILES string of the molecule is C/C=C(/C)C(=O)O[C@H]1[C@H](OC(C)=O)C2(CO)C(CC1(C)C)C1=CCC3[C@@]4(C)CC[C@H](O[C@@H]5OC(C(=O)O)[C@H](O[C@@H]6OC(CO)[C@H](O)[C@H](O)C6O)[C@H](O)C5O[C@@H]5OC(CO)[C@H](O)[C@H](O)C5O)[C@](C)(CO)C4CC[C@@]3(C)[C@]1(C)C[C@H]2O. The fourth-order valence-corrected chi connectivity index (χ4v) is 16.2. The second-order valence-corrected chi connectivity index (χ2v) is 25.5. The number of carbonyl (C=O) groups is 3. The van der Waals surface area contributed by atoms with Gasteiger partial charge in [0.2, 0.25) is 0 Å². The lowest BCUT2D eigenvalue weighted by Crippen LogP contribution is -2.72. The highest BCUT2D eigenvalue weighted by molar-refractivity contribution is 5.87. The van der Waals surface area contributed by atoms with Crippen LogP contribution in [0.5, 0.6) is 0 Å². The predicted octanol–water partition coefficient (Wildman–Crippen LogP) is -1.32. The minimum Gasteiger partial charge on any atom is -0.479 e. The van der Waals surface area contributed by atoms with E-state index in [1.54, 1.807) is 19.9 Å². The molecular weight excluding hydrogens is 1040 g/mol. The first-order chi connectivity index (χ1) is 36.9. The van der Waals surface area contributed by atoms with Crippen LogP contribution in [0.3, 0.4) is 0 Å². The molecule has 13 N–H and O–H groups in total. The third-order valence-electron chi connectivity index (χ3n) is 21.1. The van der Waals surface area contributed by atoms with Gasteiger partial charge in [-0.3, -0.25) is 4.79 Å². The van der Waals surface area contributed by atoms with Crippen LogP contribution < -0.4 is 0 Å². The molecule has 0 aromatic heterocycles. The number of fused-ring (bicyclic) bond motifs is 7. The van der Waals surface area contributed by atoms with Crippen molar-refractivity contribution in [3.8, 4) is 0 Å². The molecule has 24 nitrogen and oxygen atoms in total. The average Bonchev–Trinajstić information content (AvgIpc) is 3.25. The Morgan fingerprint density at radius 3 is 1.76 bits per heavy atom. The van der Waals surface area contributed by atoms with E-state index in [9.17, 15) is 80.8 Å². The van der Waals surface area contributed by atoms with E-state index >= 15 is 0 Å². The van der Waals surface area contributed by atoms with Crippen molar-refractivity contribution in [2.45, 2.75) is 224 Å². The van der Waals surface area contributed by atoms with E-state index in [2.05, 4.69) is 26.8 Å². The number of aliphatic hydroxyl groups is 12. The third kappa shape index (κ3) is 9.94. The van der Waals surface area contributed by atoms with Gasteiger partial charge in [-0.05, 0) is 92.8 Å². The summed E-state index contributed by atoms with van der Waals surface area (Å²) in [5, 5.41) is 143. The summed E-state index contributed by atoms with van der Waals surface area (Å²) in [6.45, 7) is 14.1. The third-order valence-corrected chi connectivity index (χ3v) is 21.1. The zero-order chi connectivity index (χ0) is 58.4. The summed E-state index contributed by atoms with van der Waals surface area (Å²) < 4.78 is 48.2. The molecule has 79 heavy (non-hydrogen) atoms. The number of rotatable bonds is 14. The zero-order valence-corrected chi connectivity index (χ0v) is 46.4. The quantitative estimate of drug-likeness (QED) is 0.0415. The van der Waals surface area contributed by atoms with Crippen LogP contribution in [0.25, 0.3) is 0 Å². The number of allylic oxidation sites excluding steroid dienone is 3. The number of hydrogen-bond acceptors (Lipinski definition) is 23. The topological polar surface area (TPSA) is 388 Å². The summed E-state index contributed by atoms with van der Waals surface area (Å²) in [6.07, 6.45) is -26.5. The lowest BCUT2D eigenvalue weighted by atomic mass is 9.33. The molecule has 0 spiro atoms. The van der Waals surface area contributed by atoms with Gasteiger partial charge >= 0.3 is 17.9 Å². The Balaban J connectivity index is 1.12. The van der Waals surface area contributed by atoms with Gasteiger partial charge in [0.25, 0.3) is 0 Å². The number of hydrogen-bond donors (Lipinski definition) is 13. The Morgan fingerprint density at radius 2 is 1.24 bits per heavy atom. The van der Waals surface area contributed by atoms with E-state index < -0.39 is 199 Å². The maximum absolute atomic E-state index is 13.4. The molecule has 10 unspecified atom stereocenters. The molecule has 24 heteroatoms. The van der Waals surface area contributed by atoms with Crippen LogP contribution in [0.1, 0.15) is 107 Å². The normalized spacial score (nSPS) is 50.6. The lowest BCUT2D eigenvalue weighted by Gasteiger charge is -2.72. The Morgan fingerprint density at radius 1 is 0.658 bits per heavy atom. The standard InChI is InChI=1S/C55H86O24/c1-10-23(2)46(71)79-43-44(72-24(3)60)55(22-59)26(17-50(43,4)5)25-11-12-30-51(6)15-14-32(52(7,21-58)29(51)13-16-53(30,8)54(25,9)18-31(55)61)75-49-41(77-48-38(67)36(65)34(63)28(20-57)74-48)39(68)40(42(78-49)45(69)70)76-47-37(66)35(64)33(62)27(19-56)73-47/h10-11,26-44,47-49,56-59,61-68H,12-22H2,1-9H3,(H,69,70)/b23-10-/t26?,27?,28?,29?,30?,31-,32+,33+,34+,35+,36+,37?,38?,39+,40-,41?,42?,43+,44+,47+,48+,49-,51+,52-,53-,54-,55?/m1/s1. The monoisotopic (exact) mass is 1130 g/mol. The summed E-state index contributed by atoms with van der Waals surface area (Å²) in [4.78, 5) is 39.5. The minimum atomic E-state index is -2.18. The molecule has 450 valence electrons. The van der Waals surface area contributed by atoms with Gasteiger partial charge in [-0.2, -0.15) is 0 Å². The van der Waals surface area contributed by atoms with Gasteiger partial charge in [0.1, 0.15) is 79.4 Å². The highest BCUT2D eigenvalue weighted by Gasteiger charge is 2.74. The first-order valence-corrected chi connectivity index (χ1v) is 27.7. The number of carboxylic acids is 1. The Hall–Kier alpha value is -2.83. The molecule has 0 aromatic carbocycles. The number of carbonyl (C=O) groups excluding carboxylic acids is 2. The van der Waals surface area contributed by atoms with E-state index in [4.69, 9.17) is 37.9 Å². The highest BCUT2D eigenvalue weighted by atomic mass is 16.8. The van der Waals surface area contributed by atoms with Crippen LogP contribution >= 0.6 is 0 Å². The van der Waals surface area contributed by atoms with Crippen molar-refractivity contribution in [3.63, 3.8) is 0 Å². The van der Waals surface area contributed by atoms with E-state index in [1.807, 2.05) is 20.8 Å². The summed E-state index contributed by atoms with van der Waals surface area (Å²) in [5.74, 6) is -3.88. The lowest BCUT2D eigenvalue weighted by molar-refractivity contribution is -0.392. The number of aliphatic carboxylic acids is 1. The smallest absolute Gasteiger partial charge is 0.335 e. The molecule has 27 atom stereocenters. The second-order valence-electron chi connectivity index (χ2n) is 25.5. The maximum Gasteiger partial charge on any atom is 0.335 e. The van der Waals surface area contributed by atoms with Crippen LogP contribution in [0.2, 0.25) is 0 Å². The van der Waals surface area contributed by atoms with Crippen molar-refractivity contribution in [1.82, 2.24) is 0 Å². The molecule has 8 aliphatic rings. The molecule has 0 aromatic rings. The Labute approximate surface area is 459 Å². The molecule has 0 bridgehead atoms. The van der Waals surface area contributed by atoms with Crippen molar-refractivity contribution in [2.75, 3.05) is 26.4 Å². The molecular formula is C55H86O24. The van der Waals surface area contributed by atoms with Gasteiger partial charge in [-0.25, -0.2) is 9.59 Å². The van der Waals surface area contributed by atoms with E-state index in [-0.39, 0.29) is 24.7 Å². The zero-order valence-electron chi connectivity index (χ0n) is 46.4. The molecule has 5 aliphatic carbocycles. The highest BCUT2D eigenvalue weighted by Crippen LogP contribution is 2.76. The van der Waals surface area contributed by atoms with Crippen LogP contribution in [-0.4, -0.2) is 227 Å². The van der Waals surface area contributed by atoms with Crippen molar-refractivity contribution in [2.24, 2.45) is 50.2 Å². The summed E-state index contributed by atoms with van der Waals surface area (Å²) in [7, 11) is 0. The number of carboxylic acid groups (broad SMARTS) is 1. The molecule has 3 aliphatic heterocycles. The molecule has 8 rings (SSSR count). The molecule has 4 saturated carbocycles. The predicted molar refractivity (Wildman–Crippen MR) is 269 cm³/mol. The number of ether oxygens (including phenoxy) is 8. The van der Waals surface area contributed by atoms with Crippen molar-refractivity contribution in [1.29, 1.82) is 0 Å². The largest absolute Gasteiger partial charge is 0.479 e. The van der Waals surface area contributed by atoms with E-state index in [0.29, 0.717) is 37.7 Å². The van der Waals surface area contributed by atoms with Crippen LogP contribution in [-0.2, 0) is 52.3 Å². The van der Waals surface area contributed by atoms with Crippen LogP contribution in [0, 0.1) is 50.2 Å². The molecule has 3 saturated heterocycles. The minimum absolute atomic E-state index is 0.0849. The number of aliphatic hydroxyl groups excluding tert-OH is 12. The molecule has 0 amide bonds. The fraction of sp³-hybridized carbons (Fsp3) is 0.873. The van der Waals surface area contributed by atoms with Gasteiger partial charge in [0.15, 0.2) is 25.0 Å². The van der Waals surface area contributed by atoms with Gasteiger partial charge in [-0.1, -0.05) is 59.3 Å². The summed E-state index contributed by atoms with van der Waals surface area (Å²) in [5.41, 5.74) is -3.78. The fourth-order valence-electron chi connectivity index (χ4n) is 16.2. The molecule has 0 radical (unpaired) electrons. The van der Waals surface area contributed by atoms with Crippen molar-refractivity contribution < 1.29 is 119 Å². The van der Waals surface area contributed by atoms with Gasteiger partial charge in [0.05, 0.1) is 44.1 Å². The van der Waals surface area contributed by atoms with Crippen LogP contribution in [0.4, 0.5) is 0 Å². The molecule has 3 heterocycles.